The van der Waals surface area contributed by atoms with Crippen LogP contribution in [0.15, 0.2) is 18.2 Å². The molecule has 1 N–H and O–H groups in total. The van der Waals surface area contributed by atoms with Crippen LogP contribution in [0.4, 0.5) is 18.9 Å². The smallest absolute Gasteiger partial charge is 0.374 e. The van der Waals surface area contributed by atoms with Crippen LogP contribution in [0.2, 0.25) is 0 Å². The molecule has 1 aliphatic rings. The third-order valence-electron chi connectivity index (χ3n) is 3.40. The lowest BCUT2D eigenvalue weighted by Gasteiger charge is -2.29. The van der Waals surface area contributed by atoms with Gasteiger partial charge in [-0.15, -0.1) is 0 Å². The molecule has 0 aromatic heterocycles. The summed E-state index contributed by atoms with van der Waals surface area (Å²) in [5.74, 6) is 0. The van der Waals surface area contributed by atoms with Crippen molar-refractivity contribution >= 4 is 5.69 Å². The van der Waals surface area contributed by atoms with Gasteiger partial charge in [-0.2, -0.15) is 13.2 Å². The van der Waals surface area contributed by atoms with E-state index in [1.54, 1.807) is 18.2 Å². The zero-order chi connectivity index (χ0) is 13.3. The second kappa shape index (κ2) is 4.80. The average Bonchev–Trinajstić information content (AvgIpc) is 2.28. The van der Waals surface area contributed by atoms with Crippen molar-refractivity contribution in [3.05, 3.63) is 29.3 Å². The Morgan fingerprint density at radius 2 is 2.06 bits per heavy atom. The number of halogens is 3. The second-order valence-electron chi connectivity index (χ2n) is 4.68. The maximum absolute atomic E-state index is 12.8. The number of hydrogen-bond donors (Lipinski definition) is 1. The molecule has 0 saturated heterocycles. The van der Waals surface area contributed by atoms with E-state index in [9.17, 15) is 13.2 Å². The lowest BCUT2D eigenvalue weighted by molar-refractivity contribution is -0.156. The first kappa shape index (κ1) is 13.2. The van der Waals surface area contributed by atoms with E-state index in [-0.39, 0.29) is 0 Å². The normalized spacial score (nSPS) is 17.5. The topological polar surface area (TPSA) is 15.3 Å². The van der Waals surface area contributed by atoms with Crippen LogP contribution in [0.3, 0.4) is 0 Å². The number of hydrogen-bond acceptors (Lipinski definition) is 2. The van der Waals surface area contributed by atoms with Crippen LogP contribution in [-0.2, 0) is 6.42 Å². The highest BCUT2D eigenvalue weighted by molar-refractivity contribution is 5.56. The van der Waals surface area contributed by atoms with E-state index in [4.69, 9.17) is 0 Å². The van der Waals surface area contributed by atoms with Gasteiger partial charge >= 0.3 is 6.18 Å². The van der Waals surface area contributed by atoms with Crippen LogP contribution in [0, 0.1) is 0 Å². The third-order valence-corrected chi connectivity index (χ3v) is 3.40. The molecule has 0 aliphatic carbocycles. The largest absolute Gasteiger partial charge is 0.407 e. The number of aryl methyl sites for hydroxylation is 1. The van der Waals surface area contributed by atoms with Crippen molar-refractivity contribution in [1.29, 1.82) is 0 Å². The Bertz CT molecular complexity index is 429. The lowest BCUT2D eigenvalue weighted by Crippen LogP contribution is -2.32. The molecule has 1 atom stereocenters. The van der Waals surface area contributed by atoms with Crippen molar-refractivity contribution < 1.29 is 13.2 Å². The van der Waals surface area contributed by atoms with Crippen molar-refractivity contribution in [3.8, 4) is 0 Å². The Hall–Kier alpha value is -1.23. The third kappa shape index (κ3) is 2.46. The minimum atomic E-state index is -4.26. The Kier molecular flexibility index (Phi) is 3.52. The summed E-state index contributed by atoms with van der Waals surface area (Å²) in [5.41, 5.74) is 2.34. The minimum Gasteiger partial charge on any atom is -0.374 e. The molecule has 1 aliphatic heterocycles. The highest BCUT2D eigenvalue weighted by Crippen LogP contribution is 2.35. The van der Waals surface area contributed by atoms with E-state index in [2.05, 4.69) is 10.2 Å². The predicted molar refractivity (Wildman–Crippen MR) is 65.9 cm³/mol. The minimum absolute atomic E-state index is 0.291. The number of rotatable bonds is 2. The van der Waals surface area contributed by atoms with Gasteiger partial charge in [-0.1, -0.05) is 12.1 Å². The Morgan fingerprint density at radius 3 is 2.67 bits per heavy atom. The average molecular weight is 258 g/mol. The molecule has 1 unspecified atom stereocenters. The van der Waals surface area contributed by atoms with Crippen molar-refractivity contribution in [1.82, 2.24) is 5.32 Å². The van der Waals surface area contributed by atoms with Crippen LogP contribution in [0.1, 0.15) is 23.6 Å². The van der Waals surface area contributed by atoms with Crippen molar-refractivity contribution in [2.45, 2.75) is 25.1 Å². The molecule has 18 heavy (non-hydrogen) atoms. The van der Waals surface area contributed by atoms with E-state index in [0.717, 1.165) is 30.6 Å². The van der Waals surface area contributed by atoms with Crippen LogP contribution in [0.5, 0.6) is 0 Å². The van der Waals surface area contributed by atoms with Crippen molar-refractivity contribution in [2.75, 3.05) is 25.5 Å². The van der Waals surface area contributed by atoms with Crippen LogP contribution < -0.4 is 10.2 Å². The second-order valence-corrected chi connectivity index (χ2v) is 4.68. The summed E-state index contributed by atoms with van der Waals surface area (Å²) in [6, 6.07) is 3.45. The molecule has 0 fully saturated rings. The molecule has 2 rings (SSSR count). The van der Waals surface area contributed by atoms with Gasteiger partial charge in [0.05, 0.1) is 0 Å². The quantitative estimate of drug-likeness (QED) is 0.877. The molecular weight excluding hydrogens is 241 g/mol. The molecule has 0 radical (unpaired) electrons. The molecule has 100 valence electrons. The van der Waals surface area contributed by atoms with Gasteiger partial charge in [-0.25, -0.2) is 0 Å². The fourth-order valence-electron chi connectivity index (χ4n) is 2.50. The fraction of sp³-hybridized carbons (Fsp3) is 0.538. The molecule has 0 amide bonds. The van der Waals surface area contributed by atoms with Gasteiger partial charge in [0.2, 0.25) is 0 Å². The lowest BCUT2D eigenvalue weighted by atomic mass is 9.96. The van der Waals surface area contributed by atoms with Gasteiger partial charge in [0.1, 0.15) is 6.04 Å². The van der Waals surface area contributed by atoms with E-state index in [1.807, 2.05) is 7.05 Å². The molecule has 2 nitrogen and oxygen atoms in total. The molecule has 0 bridgehead atoms. The van der Waals surface area contributed by atoms with Crippen LogP contribution >= 0.6 is 0 Å². The van der Waals surface area contributed by atoms with Gasteiger partial charge in [-0.3, -0.25) is 0 Å². The highest BCUT2D eigenvalue weighted by atomic mass is 19.4. The van der Waals surface area contributed by atoms with Gasteiger partial charge in [-0.05, 0) is 37.1 Å². The molecule has 5 heteroatoms. The van der Waals surface area contributed by atoms with Crippen molar-refractivity contribution in [3.63, 3.8) is 0 Å². The van der Waals surface area contributed by atoms with Gasteiger partial charge in [0, 0.05) is 19.3 Å². The number of fused-ring (bicyclic) bond motifs is 1. The maximum Gasteiger partial charge on any atom is 0.407 e. The fourth-order valence-corrected chi connectivity index (χ4v) is 2.50. The Balaban J connectivity index is 2.36. The van der Waals surface area contributed by atoms with Gasteiger partial charge < -0.3 is 10.2 Å². The van der Waals surface area contributed by atoms with E-state index in [1.165, 1.54) is 7.05 Å². The number of nitrogens with zero attached hydrogens (tertiary/aromatic N) is 1. The maximum atomic E-state index is 12.8. The molecule has 1 aromatic carbocycles. The van der Waals surface area contributed by atoms with Crippen molar-refractivity contribution in [2.24, 2.45) is 0 Å². The summed E-state index contributed by atoms with van der Waals surface area (Å²) >= 11 is 0. The first-order valence-corrected chi connectivity index (χ1v) is 6.01. The number of nitrogens with one attached hydrogen (secondary N) is 1. The summed E-state index contributed by atoms with van der Waals surface area (Å²) in [7, 11) is 3.31. The Morgan fingerprint density at radius 1 is 1.33 bits per heavy atom. The zero-order valence-corrected chi connectivity index (χ0v) is 10.5. The molecule has 0 saturated carbocycles. The number of benzene rings is 1. The van der Waals surface area contributed by atoms with Gasteiger partial charge in [0.25, 0.3) is 0 Å². The van der Waals surface area contributed by atoms with E-state index < -0.39 is 12.2 Å². The summed E-state index contributed by atoms with van der Waals surface area (Å²) in [6.45, 7) is 0.959. The summed E-state index contributed by atoms with van der Waals surface area (Å²) in [5, 5.41) is 2.34. The first-order chi connectivity index (χ1) is 8.43. The highest BCUT2D eigenvalue weighted by Gasteiger charge is 2.39. The predicted octanol–water partition coefficient (Wildman–Crippen LogP) is 2.89. The number of alkyl halides is 3. The van der Waals surface area contributed by atoms with Crippen LogP contribution in [-0.4, -0.2) is 26.8 Å². The van der Waals surface area contributed by atoms with E-state index in [0.29, 0.717) is 5.56 Å². The summed E-state index contributed by atoms with van der Waals surface area (Å²) < 4.78 is 38.5. The monoisotopic (exact) mass is 258 g/mol. The van der Waals surface area contributed by atoms with Gasteiger partial charge in [0.15, 0.2) is 0 Å². The molecule has 1 aromatic rings. The van der Waals surface area contributed by atoms with E-state index >= 15 is 0 Å². The van der Waals surface area contributed by atoms with Crippen LogP contribution in [0.25, 0.3) is 0 Å². The molecule has 0 spiro atoms. The standard InChI is InChI=1S/C13H17F3N2/c1-17-12(13(14,15)16)10-5-6-11-9(8-10)4-3-7-18(11)2/h5-6,8,12,17H,3-4,7H2,1-2H3. The Labute approximate surface area is 105 Å². The number of anilines is 1. The SMILES string of the molecule is CNC(c1ccc2c(c1)CCCN2C)C(F)(F)F. The molecule has 1 heterocycles. The first-order valence-electron chi connectivity index (χ1n) is 6.01. The zero-order valence-electron chi connectivity index (χ0n) is 10.5. The summed E-state index contributed by atoms with van der Waals surface area (Å²) in [6.07, 6.45) is -2.42. The summed E-state index contributed by atoms with van der Waals surface area (Å²) in [4.78, 5) is 2.09. The molecular formula is C13H17F3N2.